The van der Waals surface area contributed by atoms with E-state index >= 15 is 0 Å². The number of nitrogens with zero attached hydrogens (tertiary/aromatic N) is 1. The first kappa shape index (κ1) is 21.5. The number of ether oxygens (including phenoxy) is 2. The maximum Gasteiger partial charge on any atom is 0.264 e. The Balaban J connectivity index is 1.57. The van der Waals surface area contributed by atoms with Crippen molar-refractivity contribution in [2.45, 2.75) is 37.0 Å². The number of benzene rings is 2. The standard InChI is InChI=1S/C23H28N2O5S/c26-23(24-16-18-7-3-1-4-8-18)17-25(31(27,28)20-9-5-2-6-10-20)19-11-12-21-22(15-19)30-14-13-29-21/h2,5-6,9-12,15,18H,1,3-4,7-8,13-14,16-17H2,(H,24,26). The number of nitrogens with one attached hydrogen (secondary N) is 1. The fourth-order valence-corrected chi connectivity index (χ4v) is 5.49. The predicted octanol–water partition coefficient (Wildman–Crippen LogP) is 3.35. The quantitative estimate of drug-likeness (QED) is 0.708. The fraction of sp³-hybridized carbons (Fsp3) is 0.435. The minimum absolute atomic E-state index is 0.130. The van der Waals surface area contributed by atoms with Crippen molar-refractivity contribution in [1.82, 2.24) is 5.32 Å². The van der Waals surface area contributed by atoms with Gasteiger partial charge in [-0.1, -0.05) is 37.5 Å². The van der Waals surface area contributed by atoms with E-state index in [0.29, 0.717) is 42.9 Å². The van der Waals surface area contributed by atoms with E-state index in [2.05, 4.69) is 5.32 Å². The Labute approximate surface area is 183 Å². The number of amides is 1. The van der Waals surface area contributed by atoms with E-state index in [1.807, 2.05) is 0 Å². The first-order valence-corrected chi connectivity index (χ1v) is 12.2. The third kappa shape index (κ3) is 5.12. The second-order valence-corrected chi connectivity index (χ2v) is 9.82. The summed E-state index contributed by atoms with van der Waals surface area (Å²) in [6.45, 7) is 1.12. The van der Waals surface area contributed by atoms with Gasteiger partial charge in [0, 0.05) is 12.6 Å². The van der Waals surface area contributed by atoms with Crippen LogP contribution in [0.5, 0.6) is 11.5 Å². The van der Waals surface area contributed by atoms with Crippen molar-refractivity contribution in [3.63, 3.8) is 0 Å². The van der Waals surface area contributed by atoms with Gasteiger partial charge in [0.15, 0.2) is 11.5 Å². The van der Waals surface area contributed by atoms with E-state index in [4.69, 9.17) is 9.47 Å². The molecule has 0 spiro atoms. The van der Waals surface area contributed by atoms with E-state index < -0.39 is 10.0 Å². The van der Waals surface area contributed by atoms with Gasteiger partial charge in [0.1, 0.15) is 19.8 Å². The van der Waals surface area contributed by atoms with Crippen LogP contribution in [-0.4, -0.2) is 40.6 Å². The average Bonchev–Trinajstić information content (AvgIpc) is 2.82. The molecule has 0 aromatic heterocycles. The Bertz CT molecular complexity index is 1000. The molecule has 0 atom stereocenters. The molecule has 8 heteroatoms. The van der Waals surface area contributed by atoms with Crippen molar-refractivity contribution in [3.05, 3.63) is 48.5 Å². The van der Waals surface area contributed by atoms with Crippen molar-refractivity contribution in [2.75, 3.05) is 30.6 Å². The van der Waals surface area contributed by atoms with E-state index in [1.165, 1.54) is 31.4 Å². The number of fused-ring (bicyclic) bond motifs is 1. The summed E-state index contributed by atoms with van der Waals surface area (Å²) in [5.74, 6) is 1.18. The van der Waals surface area contributed by atoms with Gasteiger partial charge in [0.2, 0.25) is 5.91 Å². The minimum atomic E-state index is -3.94. The zero-order chi connectivity index (χ0) is 21.7. The molecule has 0 saturated heterocycles. The molecule has 2 aromatic rings. The van der Waals surface area contributed by atoms with Gasteiger partial charge in [-0.15, -0.1) is 0 Å². The van der Waals surface area contributed by atoms with Gasteiger partial charge in [-0.05, 0) is 43.0 Å². The molecule has 4 rings (SSSR count). The van der Waals surface area contributed by atoms with Crippen LogP contribution in [0.25, 0.3) is 0 Å². The third-order valence-electron chi connectivity index (χ3n) is 5.74. The smallest absolute Gasteiger partial charge is 0.264 e. The van der Waals surface area contributed by atoms with Crippen LogP contribution in [0, 0.1) is 5.92 Å². The highest BCUT2D eigenvalue weighted by Gasteiger charge is 2.28. The molecule has 0 unspecified atom stereocenters. The van der Waals surface area contributed by atoms with Crippen LogP contribution < -0.4 is 19.1 Å². The Morgan fingerprint density at radius 1 is 0.968 bits per heavy atom. The maximum absolute atomic E-state index is 13.4. The number of hydrogen-bond donors (Lipinski definition) is 1. The number of sulfonamides is 1. The summed E-state index contributed by atoms with van der Waals surface area (Å²) in [6.07, 6.45) is 5.83. The van der Waals surface area contributed by atoms with Crippen LogP contribution in [-0.2, 0) is 14.8 Å². The van der Waals surface area contributed by atoms with Crippen LogP contribution in [0.2, 0.25) is 0 Å². The Hall–Kier alpha value is -2.74. The number of carbonyl (C=O) groups excluding carboxylic acids is 1. The minimum Gasteiger partial charge on any atom is -0.486 e. The third-order valence-corrected chi connectivity index (χ3v) is 7.53. The van der Waals surface area contributed by atoms with Gasteiger partial charge in [-0.3, -0.25) is 9.10 Å². The highest BCUT2D eigenvalue weighted by molar-refractivity contribution is 7.92. The summed E-state index contributed by atoms with van der Waals surface area (Å²) in [4.78, 5) is 12.9. The Morgan fingerprint density at radius 3 is 2.42 bits per heavy atom. The highest BCUT2D eigenvalue weighted by atomic mass is 32.2. The molecule has 1 aliphatic heterocycles. The molecule has 1 aliphatic carbocycles. The predicted molar refractivity (Wildman–Crippen MR) is 118 cm³/mol. The molecule has 0 radical (unpaired) electrons. The summed E-state index contributed by atoms with van der Waals surface area (Å²) >= 11 is 0. The van der Waals surface area contributed by atoms with Crippen LogP contribution in [0.15, 0.2) is 53.4 Å². The molecular formula is C23H28N2O5S. The van der Waals surface area contributed by atoms with E-state index in [9.17, 15) is 13.2 Å². The molecule has 1 saturated carbocycles. The van der Waals surface area contributed by atoms with Crippen LogP contribution in [0.1, 0.15) is 32.1 Å². The van der Waals surface area contributed by atoms with Crippen LogP contribution >= 0.6 is 0 Å². The number of carbonyl (C=O) groups is 1. The summed E-state index contributed by atoms with van der Waals surface area (Å²) in [5, 5.41) is 2.94. The van der Waals surface area contributed by atoms with Gasteiger partial charge in [0.05, 0.1) is 10.6 Å². The second-order valence-electron chi connectivity index (χ2n) is 7.96. The highest BCUT2D eigenvalue weighted by Crippen LogP contribution is 2.35. The van der Waals surface area contributed by atoms with Crippen LogP contribution in [0.4, 0.5) is 5.69 Å². The molecule has 31 heavy (non-hydrogen) atoms. The first-order valence-electron chi connectivity index (χ1n) is 10.8. The van der Waals surface area contributed by atoms with Crippen molar-refractivity contribution >= 4 is 21.6 Å². The van der Waals surface area contributed by atoms with Crippen molar-refractivity contribution in [2.24, 2.45) is 5.92 Å². The van der Waals surface area contributed by atoms with Gasteiger partial charge < -0.3 is 14.8 Å². The zero-order valence-electron chi connectivity index (χ0n) is 17.5. The Kier molecular flexibility index (Phi) is 6.65. The molecule has 1 N–H and O–H groups in total. The second kappa shape index (κ2) is 9.60. The van der Waals surface area contributed by atoms with Gasteiger partial charge in [0.25, 0.3) is 10.0 Å². The lowest BCUT2D eigenvalue weighted by atomic mass is 9.89. The van der Waals surface area contributed by atoms with E-state index in [1.54, 1.807) is 36.4 Å². The number of anilines is 1. The summed E-state index contributed by atoms with van der Waals surface area (Å²) in [6, 6.07) is 13.1. The average molecular weight is 445 g/mol. The van der Waals surface area contributed by atoms with E-state index in [-0.39, 0.29) is 17.3 Å². The van der Waals surface area contributed by atoms with E-state index in [0.717, 1.165) is 17.1 Å². The maximum atomic E-state index is 13.4. The Morgan fingerprint density at radius 2 is 1.68 bits per heavy atom. The lowest BCUT2D eigenvalue weighted by Crippen LogP contribution is -2.42. The fourth-order valence-electron chi connectivity index (χ4n) is 4.06. The first-order chi connectivity index (χ1) is 15.0. The number of hydrogen-bond acceptors (Lipinski definition) is 5. The summed E-state index contributed by atoms with van der Waals surface area (Å²) in [7, 11) is -3.94. The SMILES string of the molecule is O=C(CN(c1ccc2c(c1)OCCO2)S(=O)(=O)c1ccccc1)NCC1CCCCC1. The molecule has 0 bridgehead atoms. The molecular weight excluding hydrogens is 416 g/mol. The lowest BCUT2D eigenvalue weighted by molar-refractivity contribution is -0.119. The largest absolute Gasteiger partial charge is 0.486 e. The molecule has 1 heterocycles. The molecule has 2 aromatic carbocycles. The van der Waals surface area contributed by atoms with Gasteiger partial charge in [-0.2, -0.15) is 0 Å². The van der Waals surface area contributed by atoms with Crippen molar-refractivity contribution < 1.29 is 22.7 Å². The number of rotatable bonds is 7. The summed E-state index contributed by atoms with van der Waals surface area (Å²) < 4.78 is 39.1. The van der Waals surface area contributed by atoms with Gasteiger partial charge >= 0.3 is 0 Å². The molecule has 7 nitrogen and oxygen atoms in total. The normalized spacial score (nSPS) is 16.5. The molecule has 1 fully saturated rings. The van der Waals surface area contributed by atoms with Crippen molar-refractivity contribution in [1.29, 1.82) is 0 Å². The molecule has 166 valence electrons. The monoisotopic (exact) mass is 444 g/mol. The topological polar surface area (TPSA) is 84.9 Å². The lowest BCUT2D eigenvalue weighted by Gasteiger charge is -2.27. The molecule has 2 aliphatic rings. The zero-order valence-corrected chi connectivity index (χ0v) is 18.3. The van der Waals surface area contributed by atoms with Crippen molar-refractivity contribution in [3.8, 4) is 11.5 Å². The molecule has 1 amide bonds. The van der Waals surface area contributed by atoms with Crippen LogP contribution in [0.3, 0.4) is 0 Å². The van der Waals surface area contributed by atoms with Gasteiger partial charge in [-0.25, -0.2) is 8.42 Å². The summed E-state index contributed by atoms with van der Waals surface area (Å²) in [5.41, 5.74) is 0.362.